The van der Waals surface area contributed by atoms with Crippen molar-refractivity contribution in [3.63, 3.8) is 0 Å². The van der Waals surface area contributed by atoms with Crippen LogP contribution < -0.4 is 5.32 Å². The number of hydrogen-bond donors (Lipinski definition) is 1. The number of piperidine rings is 1. The van der Waals surface area contributed by atoms with Crippen LogP contribution in [-0.2, 0) is 13.0 Å². The molecule has 0 aromatic carbocycles. The monoisotopic (exact) mass is 219 g/mol. The molecular formula is C13H21N3. The van der Waals surface area contributed by atoms with Crippen LogP contribution in [0.4, 0.5) is 0 Å². The third-order valence-electron chi connectivity index (χ3n) is 4.33. The van der Waals surface area contributed by atoms with Gasteiger partial charge >= 0.3 is 0 Å². The Bertz CT molecular complexity index is 358. The van der Waals surface area contributed by atoms with E-state index in [1.54, 1.807) is 0 Å². The molecule has 2 bridgehead atoms. The fourth-order valence-electron chi connectivity index (χ4n) is 3.34. The molecule has 1 unspecified atom stereocenters. The normalized spacial score (nSPS) is 32.4. The van der Waals surface area contributed by atoms with Crippen LogP contribution in [0.15, 0.2) is 12.5 Å². The zero-order chi connectivity index (χ0) is 11.0. The first-order chi connectivity index (χ1) is 7.85. The van der Waals surface area contributed by atoms with E-state index >= 15 is 0 Å². The Balaban J connectivity index is 1.53. The number of aryl methyl sites for hydroxylation is 2. The number of nitrogens with one attached hydrogen (secondary N) is 1. The van der Waals surface area contributed by atoms with Crippen LogP contribution in [0.1, 0.15) is 31.9 Å². The summed E-state index contributed by atoms with van der Waals surface area (Å²) in [5.41, 5.74) is 1.28. The van der Waals surface area contributed by atoms with Crippen molar-refractivity contribution >= 4 is 0 Å². The van der Waals surface area contributed by atoms with E-state index in [2.05, 4.69) is 28.0 Å². The zero-order valence-electron chi connectivity index (χ0n) is 10.0. The van der Waals surface area contributed by atoms with Crippen LogP contribution in [0.2, 0.25) is 0 Å². The smallest absolute Gasteiger partial charge is 0.0949 e. The summed E-state index contributed by atoms with van der Waals surface area (Å²) in [6, 6.07) is 0.836. The quantitative estimate of drug-likeness (QED) is 0.837. The van der Waals surface area contributed by atoms with E-state index in [0.29, 0.717) is 0 Å². The predicted molar refractivity (Wildman–Crippen MR) is 64.2 cm³/mol. The summed E-state index contributed by atoms with van der Waals surface area (Å²) < 4.78 is 2.16. The summed E-state index contributed by atoms with van der Waals surface area (Å²) in [6.45, 7) is 4.46. The zero-order valence-corrected chi connectivity index (χ0v) is 10.0. The minimum atomic E-state index is 0.836. The molecule has 1 saturated carbocycles. The van der Waals surface area contributed by atoms with Gasteiger partial charge in [0.15, 0.2) is 0 Å². The third-order valence-corrected chi connectivity index (χ3v) is 4.33. The number of hydrogen-bond acceptors (Lipinski definition) is 2. The molecule has 1 aromatic rings. The van der Waals surface area contributed by atoms with Gasteiger partial charge in [0.1, 0.15) is 0 Å². The van der Waals surface area contributed by atoms with Gasteiger partial charge in [-0.05, 0) is 51.0 Å². The van der Waals surface area contributed by atoms with Gasteiger partial charge in [0.05, 0.1) is 12.0 Å². The molecule has 0 radical (unpaired) electrons. The topological polar surface area (TPSA) is 29.9 Å². The van der Waals surface area contributed by atoms with E-state index in [4.69, 9.17) is 0 Å². The molecule has 1 N–H and O–H groups in total. The first-order valence-electron chi connectivity index (χ1n) is 6.59. The molecule has 1 aliphatic carbocycles. The van der Waals surface area contributed by atoms with Crippen LogP contribution in [-0.4, -0.2) is 22.1 Å². The van der Waals surface area contributed by atoms with Crippen molar-refractivity contribution < 1.29 is 0 Å². The van der Waals surface area contributed by atoms with E-state index in [1.165, 1.54) is 37.9 Å². The van der Waals surface area contributed by atoms with E-state index in [9.17, 15) is 0 Å². The van der Waals surface area contributed by atoms with Crippen molar-refractivity contribution in [2.75, 3.05) is 6.54 Å². The molecule has 2 aliphatic rings. The largest absolute Gasteiger partial charge is 0.337 e. The van der Waals surface area contributed by atoms with Gasteiger partial charge in [-0.2, -0.15) is 0 Å². The van der Waals surface area contributed by atoms with Gasteiger partial charge < -0.3 is 9.88 Å². The van der Waals surface area contributed by atoms with Crippen LogP contribution in [0, 0.1) is 11.8 Å². The highest BCUT2D eigenvalue weighted by Gasteiger charge is 2.38. The lowest BCUT2D eigenvalue weighted by Crippen LogP contribution is -2.29. The standard InChI is InChI=1S/C13H21N3/c1-2-16-8-12(15-9-16)4-3-10-5-13-6-11(10)7-14-13/h8-11,13-14H,2-7H2,1H3/t10?,11-,13+/m0/s1. The molecule has 0 amide bonds. The highest BCUT2D eigenvalue weighted by atomic mass is 15.0. The molecule has 3 nitrogen and oxygen atoms in total. The second-order valence-corrected chi connectivity index (χ2v) is 5.33. The summed E-state index contributed by atoms with van der Waals surface area (Å²) in [7, 11) is 0. The number of aromatic nitrogens is 2. The minimum Gasteiger partial charge on any atom is -0.337 e. The number of imidazole rings is 1. The molecule has 3 rings (SSSR count). The molecule has 2 heterocycles. The maximum absolute atomic E-state index is 4.46. The summed E-state index contributed by atoms with van der Waals surface area (Å²) >= 11 is 0. The first kappa shape index (κ1) is 10.3. The van der Waals surface area contributed by atoms with Gasteiger partial charge in [-0.1, -0.05) is 0 Å². The lowest BCUT2D eigenvalue weighted by molar-refractivity contribution is 0.330. The second-order valence-electron chi connectivity index (χ2n) is 5.33. The van der Waals surface area contributed by atoms with Crippen LogP contribution in [0.3, 0.4) is 0 Å². The van der Waals surface area contributed by atoms with Gasteiger partial charge in [-0.15, -0.1) is 0 Å². The van der Waals surface area contributed by atoms with Gasteiger partial charge in [0, 0.05) is 18.8 Å². The van der Waals surface area contributed by atoms with Gasteiger partial charge in [0.2, 0.25) is 0 Å². The van der Waals surface area contributed by atoms with Gasteiger partial charge in [-0.25, -0.2) is 4.98 Å². The summed E-state index contributed by atoms with van der Waals surface area (Å²) in [4.78, 5) is 4.46. The Morgan fingerprint density at radius 3 is 3.06 bits per heavy atom. The predicted octanol–water partition coefficient (Wildman–Crippen LogP) is 1.83. The molecule has 3 atom stereocenters. The summed E-state index contributed by atoms with van der Waals surface area (Å²) in [5, 5.41) is 3.58. The Morgan fingerprint density at radius 1 is 1.50 bits per heavy atom. The average molecular weight is 219 g/mol. The fourth-order valence-corrected chi connectivity index (χ4v) is 3.34. The Labute approximate surface area is 97.3 Å². The lowest BCUT2D eigenvalue weighted by Gasteiger charge is -2.21. The van der Waals surface area contributed by atoms with E-state index in [1.807, 2.05) is 6.33 Å². The SMILES string of the molecule is CCn1cnc(CCC2C[C@@H]3C[C@H]2CN3)c1. The average Bonchev–Trinajstić information content (AvgIpc) is 3.02. The Hall–Kier alpha value is -0.830. The van der Waals surface area contributed by atoms with Crippen molar-refractivity contribution in [2.24, 2.45) is 11.8 Å². The third kappa shape index (κ3) is 1.88. The molecule has 3 heteroatoms. The number of rotatable bonds is 4. The molecule has 16 heavy (non-hydrogen) atoms. The van der Waals surface area contributed by atoms with Crippen molar-refractivity contribution in [3.05, 3.63) is 18.2 Å². The van der Waals surface area contributed by atoms with Crippen LogP contribution in [0.25, 0.3) is 0 Å². The van der Waals surface area contributed by atoms with E-state index < -0.39 is 0 Å². The van der Waals surface area contributed by atoms with Gasteiger partial charge in [0.25, 0.3) is 0 Å². The van der Waals surface area contributed by atoms with Crippen molar-refractivity contribution in [1.29, 1.82) is 0 Å². The van der Waals surface area contributed by atoms with Crippen molar-refractivity contribution in [1.82, 2.24) is 14.9 Å². The molecule has 1 aliphatic heterocycles. The first-order valence-corrected chi connectivity index (χ1v) is 6.59. The van der Waals surface area contributed by atoms with E-state index in [0.717, 1.165) is 24.4 Å². The van der Waals surface area contributed by atoms with Crippen LogP contribution in [0.5, 0.6) is 0 Å². The van der Waals surface area contributed by atoms with E-state index in [-0.39, 0.29) is 0 Å². The van der Waals surface area contributed by atoms with Gasteiger partial charge in [-0.3, -0.25) is 0 Å². The van der Waals surface area contributed by atoms with Crippen molar-refractivity contribution in [2.45, 2.75) is 45.2 Å². The summed E-state index contributed by atoms with van der Waals surface area (Å²) in [6.07, 6.45) is 9.49. The second kappa shape index (κ2) is 4.21. The van der Waals surface area contributed by atoms with Crippen molar-refractivity contribution in [3.8, 4) is 0 Å². The lowest BCUT2D eigenvalue weighted by atomic mass is 9.90. The number of fused-ring (bicyclic) bond motifs is 2. The molecule has 1 saturated heterocycles. The molecule has 1 aromatic heterocycles. The Morgan fingerprint density at radius 2 is 2.44 bits per heavy atom. The maximum atomic E-state index is 4.46. The van der Waals surface area contributed by atoms with Crippen LogP contribution >= 0.6 is 0 Å². The molecule has 0 spiro atoms. The highest BCUT2D eigenvalue weighted by Crippen LogP contribution is 2.38. The Kier molecular flexibility index (Phi) is 2.72. The molecule has 2 fully saturated rings. The minimum absolute atomic E-state index is 0.836. The fraction of sp³-hybridized carbons (Fsp3) is 0.769. The molecular weight excluding hydrogens is 198 g/mol. The maximum Gasteiger partial charge on any atom is 0.0949 e. The molecule has 88 valence electrons. The number of nitrogens with zero attached hydrogens (tertiary/aromatic N) is 2. The highest BCUT2D eigenvalue weighted by molar-refractivity contribution is 5.00. The summed E-state index contributed by atoms with van der Waals surface area (Å²) in [5.74, 6) is 1.91.